The SMILES string of the molecule is CCOC(=O)C1CCCN(C(=O)c2ccc(CN3CCN(c4ccc(F)cc4)CC3)o2)C1. The van der Waals surface area contributed by atoms with E-state index in [0.29, 0.717) is 32.0 Å². The van der Waals surface area contributed by atoms with Crippen molar-refractivity contribution >= 4 is 17.6 Å². The van der Waals surface area contributed by atoms with Crippen LogP contribution in [0.15, 0.2) is 40.8 Å². The maximum absolute atomic E-state index is 13.1. The normalized spacial score (nSPS) is 19.8. The van der Waals surface area contributed by atoms with Gasteiger partial charge >= 0.3 is 5.97 Å². The molecule has 4 rings (SSSR count). The maximum Gasteiger partial charge on any atom is 0.310 e. The second-order valence-corrected chi connectivity index (χ2v) is 8.35. The predicted octanol–water partition coefficient (Wildman–Crippen LogP) is 3.16. The predicted molar refractivity (Wildman–Crippen MR) is 118 cm³/mol. The second kappa shape index (κ2) is 10.2. The van der Waals surface area contributed by atoms with Gasteiger partial charge in [0, 0.05) is 45.0 Å². The minimum atomic E-state index is -0.264. The molecule has 2 aromatic rings. The number of halogens is 1. The average Bonchev–Trinajstić information content (AvgIpc) is 3.28. The van der Waals surface area contributed by atoms with Crippen LogP contribution in [0.25, 0.3) is 0 Å². The summed E-state index contributed by atoms with van der Waals surface area (Å²) in [6.07, 6.45) is 1.52. The molecule has 0 N–H and O–H groups in total. The Morgan fingerprint density at radius 1 is 1.06 bits per heavy atom. The van der Waals surface area contributed by atoms with Crippen molar-refractivity contribution in [3.8, 4) is 0 Å². The Morgan fingerprint density at radius 2 is 1.81 bits per heavy atom. The van der Waals surface area contributed by atoms with Crippen molar-refractivity contribution in [2.75, 3.05) is 50.8 Å². The summed E-state index contributed by atoms with van der Waals surface area (Å²) in [5.74, 6) is 0.171. The number of likely N-dealkylation sites (tertiary alicyclic amines) is 1. The summed E-state index contributed by atoms with van der Waals surface area (Å²) in [5.41, 5.74) is 1.03. The van der Waals surface area contributed by atoms with Crippen LogP contribution in [0.3, 0.4) is 0 Å². The highest BCUT2D eigenvalue weighted by atomic mass is 19.1. The van der Waals surface area contributed by atoms with Gasteiger partial charge in [0.25, 0.3) is 5.91 Å². The van der Waals surface area contributed by atoms with Crippen molar-refractivity contribution in [1.29, 1.82) is 0 Å². The number of hydrogen-bond donors (Lipinski definition) is 0. The van der Waals surface area contributed by atoms with Crippen LogP contribution < -0.4 is 4.90 Å². The van der Waals surface area contributed by atoms with Gasteiger partial charge in [-0.1, -0.05) is 0 Å². The molecule has 32 heavy (non-hydrogen) atoms. The van der Waals surface area contributed by atoms with Gasteiger partial charge in [-0.3, -0.25) is 14.5 Å². The molecule has 8 heteroatoms. The number of furan rings is 1. The smallest absolute Gasteiger partial charge is 0.310 e. The molecule has 1 aromatic carbocycles. The van der Waals surface area contributed by atoms with Crippen LogP contribution in [0, 0.1) is 11.7 Å². The first-order valence-electron chi connectivity index (χ1n) is 11.3. The standard InChI is InChI=1S/C24H30FN3O4/c1-2-31-24(30)18-4-3-11-28(16-18)23(29)22-10-9-21(32-22)17-26-12-14-27(15-13-26)20-7-5-19(25)6-8-20/h5-10,18H,2-4,11-17H2,1H3. The lowest BCUT2D eigenvalue weighted by molar-refractivity contribution is -0.149. The molecule has 3 heterocycles. The number of benzene rings is 1. The van der Waals surface area contributed by atoms with Crippen molar-refractivity contribution < 1.29 is 23.1 Å². The molecule has 1 aromatic heterocycles. The Morgan fingerprint density at radius 3 is 2.53 bits per heavy atom. The van der Waals surface area contributed by atoms with Crippen molar-refractivity contribution in [2.45, 2.75) is 26.3 Å². The fourth-order valence-corrected chi connectivity index (χ4v) is 4.38. The Balaban J connectivity index is 1.29. The van der Waals surface area contributed by atoms with Crippen molar-refractivity contribution in [3.05, 3.63) is 53.7 Å². The molecular weight excluding hydrogens is 413 g/mol. The molecule has 0 bridgehead atoms. The van der Waals surface area contributed by atoms with Crippen molar-refractivity contribution in [3.63, 3.8) is 0 Å². The first-order chi connectivity index (χ1) is 15.5. The van der Waals surface area contributed by atoms with Crippen LogP contribution in [0.1, 0.15) is 36.1 Å². The number of amides is 1. The van der Waals surface area contributed by atoms with Crippen LogP contribution in [0.2, 0.25) is 0 Å². The third kappa shape index (κ3) is 5.30. The van der Waals surface area contributed by atoms with E-state index in [1.165, 1.54) is 12.1 Å². The van der Waals surface area contributed by atoms with Gasteiger partial charge in [-0.2, -0.15) is 0 Å². The summed E-state index contributed by atoms with van der Waals surface area (Å²) in [6, 6.07) is 10.2. The number of piperidine rings is 1. The lowest BCUT2D eigenvalue weighted by Gasteiger charge is -2.35. The van der Waals surface area contributed by atoms with E-state index in [0.717, 1.165) is 50.5 Å². The van der Waals surface area contributed by atoms with Crippen LogP contribution in [0.4, 0.5) is 10.1 Å². The van der Waals surface area contributed by atoms with Gasteiger partial charge in [0.1, 0.15) is 11.6 Å². The highest BCUT2D eigenvalue weighted by Crippen LogP contribution is 2.22. The number of carbonyl (C=O) groups excluding carboxylic acids is 2. The molecule has 172 valence electrons. The molecule has 2 fully saturated rings. The van der Waals surface area contributed by atoms with Crippen LogP contribution >= 0.6 is 0 Å². The lowest BCUT2D eigenvalue weighted by Crippen LogP contribution is -2.45. The summed E-state index contributed by atoms with van der Waals surface area (Å²) in [4.78, 5) is 31.1. The molecule has 2 aliphatic heterocycles. The van der Waals surface area contributed by atoms with Crippen LogP contribution in [0.5, 0.6) is 0 Å². The average molecular weight is 444 g/mol. The van der Waals surface area contributed by atoms with E-state index in [9.17, 15) is 14.0 Å². The number of ether oxygens (including phenoxy) is 1. The molecule has 2 saturated heterocycles. The molecule has 2 aliphatic rings. The van der Waals surface area contributed by atoms with E-state index >= 15 is 0 Å². The minimum absolute atomic E-state index is 0.175. The van der Waals surface area contributed by atoms with E-state index in [4.69, 9.17) is 9.15 Å². The zero-order valence-electron chi connectivity index (χ0n) is 18.5. The molecule has 1 unspecified atom stereocenters. The molecule has 0 radical (unpaired) electrons. The minimum Gasteiger partial charge on any atom is -0.466 e. The number of piperazine rings is 1. The van der Waals surface area contributed by atoms with Gasteiger partial charge in [0.2, 0.25) is 0 Å². The van der Waals surface area contributed by atoms with Gasteiger partial charge in [-0.25, -0.2) is 4.39 Å². The number of esters is 1. The summed E-state index contributed by atoms with van der Waals surface area (Å²) in [6.45, 7) is 7.18. The van der Waals surface area contributed by atoms with Crippen LogP contribution in [-0.2, 0) is 16.1 Å². The van der Waals surface area contributed by atoms with E-state index in [1.54, 1.807) is 17.9 Å². The van der Waals surface area contributed by atoms with Crippen molar-refractivity contribution in [1.82, 2.24) is 9.80 Å². The summed E-state index contributed by atoms with van der Waals surface area (Å²) >= 11 is 0. The van der Waals surface area contributed by atoms with E-state index < -0.39 is 0 Å². The maximum atomic E-state index is 13.1. The molecular formula is C24H30FN3O4. The second-order valence-electron chi connectivity index (χ2n) is 8.35. The van der Waals surface area contributed by atoms with Gasteiger partial charge in [0.15, 0.2) is 5.76 Å². The van der Waals surface area contributed by atoms with Gasteiger partial charge in [-0.15, -0.1) is 0 Å². The molecule has 0 saturated carbocycles. The van der Waals surface area contributed by atoms with E-state index in [-0.39, 0.29) is 23.6 Å². The Kier molecular flexibility index (Phi) is 7.09. The number of carbonyl (C=O) groups is 2. The molecule has 1 amide bonds. The number of anilines is 1. The topological polar surface area (TPSA) is 66.2 Å². The lowest BCUT2D eigenvalue weighted by atomic mass is 9.98. The molecule has 0 spiro atoms. The van der Waals surface area contributed by atoms with Crippen molar-refractivity contribution in [2.24, 2.45) is 5.92 Å². The van der Waals surface area contributed by atoms with Crippen LogP contribution in [-0.4, -0.2) is 67.6 Å². The quantitative estimate of drug-likeness (QED) is 0.639. The molecule has 0 aliphatic carbocycles. The zero-order valence-corrected chi connectivity index (χ0v) is 18.5. The molecule has 1 atom stereocenters. The highest BCUT2D eigenvalue weighted by Gasteiger charge is 2.31. The summed E-state index contributed by atoms with van der Waals surface area (Å²) in [7, 11) is 0. The fraction of sp³-hybridized carbons (Fsp3) is 0.500. The first kappa shape index (κ1) is 22.3. The first-order valence-corrected chi connectivity index (χ1v) is 11.3. The monoisotopic (exact) mass is 443 g/mol. The third-order valence-electron chi connectivity index (χ3n) is 6.14. The summed E-state index contributed by atoms with van der Waals surface area (Å²) in [5, 5.41) is 0. The van der Waals surface area contributed by atoms with E-state index in [1.807, 2.05) is 18.2 Å². The largest absolute Gasteiger partial charge is 0.466 e. The Hall–Kier alpha value is -2.87. The fourth-order valence-electron chi connectivity index (χ4n) is 4.38. The number of hydrogen-bond acceptors (Lipinski definition) is 6. The van der Waals surface area contributed by atoms with Gasteiger partial charge < -0.3 is 19.0 Å². The Bertz CT molecular complexity index is 922. The third-order valence-corrected chi connectivity index (χ3v) is 6.14. The Labute approximate surface area is 187 Å². The zero-order chi connectivity index (χ0) is 22.5. The van der Waals surface area contributed by atoms with Gasteiger partial charge in [0.05, 0.1) is 19.1 Å². The summed E-state index contributed by atoms with van der Waals surface area (Å²) < 4.78 is 24.1. The highest BCUT2D eigenvalue weighted by molar-refractivity contribution is 5.92. The molecule has 7 nitrogen and oxygen atoms in total. The number of rotatable bonds is 6. The number of nitrogens with zero attached hydrogens (tertiary/aromatic N) is 3. The van der Waals surface area contributed by atoms with E-state index in [2.05, 4.69) is 9.80 Å². The van der Waals surface area contributed by atoms with Gasteiger partial charge in [-0.05, 0) is 56.2 Å².